The van der Waals surface area contributed by atoms with Crippen molar-refractivity contribution in [3.05, 3.63) is 0 Å². The highest BCUT2D eigenvalue weighted by atomic mass is 80.0. The average molecular weight is 421 g/mol. The van der Waals surface area contributed by atoms with Gasteiger partial charge in [-0.15, -0.1) is 0 Å². The van der Waals surface area contributed by atoms with Gasteiger partial charge in [0.05, 0.1) is 0 Å². The molecule has 10 heteroatoms. The van der Waals surface area contributed by atoms with E-state index in [4.69, 9.17) is 0 Å². The largest absolute Gasteiger partial charge is 0.459 e. The molecule has 86 valence electrons. The average Bonchev–Trinajstić information content (AvgIpc) is 1.81. The summed E-state index contributed by atoms with van der Waals surface area (Å²) in [4.78, 5) is 0. The van der Waals surface area contributed by atoms with Gasteiger partial charge in [0.25, 0.3) is 0 Å². The number of hydrogen-bond acceptors (Lipinski definition) is 0. The molecular formula is C4Br3F7. The molecule has 0 nitrogen and oxygen atoms in total. The number of rotatable bonds is 1. The minimum Gasteiger partial charge on any atom is -0.196 e. The van der Waals surface area contributed by atoms with Gasteiger partial charge in [-0.1, -0.05) is 47.8 Å². The lowest BCUT2D eigenvalue weighted by atomic mass is 10.2. The van der Waals surface area contributed by atoms with Crippen molar-refractivity contribution in [3.63, 3.8) is 0 Å². The normalized spacial score (nSPS) is 15.9. The molecule has 0 radical (unpaired) electrons. The van der Waals surface area contributed by atoms with E-state index < -0.39 is 20.2 Å². The summed E-state index contributed by atoms with van der Waals surface area (Å²) in [7, 11) is 0. The summed E-state index contributed by atoms with van der Waals surface area (Å²) in [5.41, 5.74) is 0. The van der Waals surface area contributed by atoms with Crippen LogP contribution in [0.4, 0.5) is 30.7 Å². The molecule has 0 unspecified atom stereocenters. The fraction of sp³-hybridized carbons (Fsp3) is 1.00. The number of halogens is 10. The van der Waals surface area contributed by atoms with Crippen LogP contribution in [0.2, 0.25) is 0 Å². The van der Waals surface area contributed by atoms with Gasteiger partial charge in [-0.2, -0.15) is 30.7 Å². The molecule has 0 saturated carbocycles. The van der Waals surface area contributed by atoms with Crippen molar-refractivity contribution in [2.45, 2.75) is 20.2 Å². The summed E-state index contributed by atoms with van der Waals surface area (Å²) >= 11 is 5.80. The van der Waals surface area contributed by atoms with Crippen LogP contribution in [0.5, 0.6) is 0 Å². The van der Waals surface area contributed by atoms with Gasteiger partial charge in [0, 0.05) is 0 Å². The first kappa shape index (κ1) is 14.9. The highest BCUT2D eigenvalue weighted by Gasteiger charge is 2.78. The highest BCUT2D eigenvalue weighted by Crippen LogP contribution is 2.58. The second-order valence-corrected chi connectivity index (χ2v) is 8.91. The van der Waals surface area contributed by atoms with Crippen molar-refractivity contribution in [3.8, 4) is 0 Å². The predicted octanol–water partition coefficient (Wildman–Crippen LogP) is 4.66. The van der Waals surface area contributed by atoms with Gasteiger partial charge < -0.3 is 0 Å². The Hall–Kier alpha value is 0.950. The summed E-state index contributed by atoms with van der Waals surface area (Å²) in [5.74, 6) is -11.5. The van der Waals surface area contributed by atoms with Gasteiger partial charge in [0.15, 0.2) is 0 Å². The molecular weight excluding hydrogens is 421 g/mol. The second kappa shape index (κ2) is 3.76. The van der Waals surface area contributed by atoms with E-state index in [1.54, 1.807) is 0 Å². The smallest absolute Gasteiger partial charge is 0.196 e. The fourth-order valence-corrected chi connectivity index (χ4v) is 1.10. The fourth-order valence-electron chi connectivity index (χ4n) is 0.356. The molecule has 0 amide bonds. The van der Waals surface area contributed by atoms with Crippen LogP contribution in [0.1, 0.15) is 0 Å². The zero-order valence-electron chi connectivity index (χ0n) is 5.78. The number of hydrogen-bond donors (Lipinski definition) is 0. The molecule has 0 saturated heterocycles. The SMILES string of the molecule is FC(F)(F)C(F)(F)C(F)(F)C(Br)(Br)Br. The Morgan fingerprint density at radius 3 is 0.929 bits per heavy atom. The third-order valence-corrected chi connectivity index (χ3v) is 2.60. The van der Waals surface area contributed by atoms with Crippen molar-refractivity contribution < 1.29 is 30.7 Å². The van der Waals surface area contributed by atoms with E-state index in [9.17, 15) is 30.7 Å². The molecule has 0 N–H and O–H groups in total. The molecule has 14 heavy (non-hydrogen) atoms. The Morgan fingerprint density at radius 2 is 0.857 bits per heavy atom. The van der Waals surface area contributed by atoms with E-state index in [0.29, 0.717) is 0 Å². The van der Waals surface area contributed by atoms with E-state index >= 15 is 0 Å². The Bertz CT molecular complexity index is 190. The van der Waals surface area contributed by atoms with Crippen LogP contribution in [-0.2, 0) is 0 Å². The third kappa shape index (κ3) is 2.37. The van der Waals surface area contributed by atoms with E-state index in [1.807, 2.05) is 47.8 Å². The predicted molar refractivity (Wildman–Crippen MR) is 45.5 cm³/mol. The molecule has 0 aliphatic carbocycles. The molecule has 0 aliphatic rings. The second-order valence-electron chi connectivity index (χ2n) is 2.14. The van der Waals surface area contributed by atoms with Gasteiger partial charge in [0.2, 0.25) is 2.14 Å². The summed E-state index contributed by atoms with van der Waals surface area (Å²) in [6.45, 7) is 0. The van der Waals surface area contributed by atoms with Crippen LogP contribution in [0.3, 0.4) is 0 Å². The Morgan fingerprint density at radius 1 is 0.571 bits per heavy atom. The third-order valence-electron chi connectivity index (χ3n) is 1.11. The van der Waals surface area contributed by atoms with Gasteiger partial charge in [0.1, 0.15) is 0 Å². The molecule has 0 fully saturated rings. The minimum atomic E-state index is -6.34. The van der Waals surface area contributed by atoms with Gasteiger partial charge in [-0.3, -0.25) is 0 Å². The zero-order valence-corrected chi connectivity index (χ0v) is 10.5. The van der Waals surface area contributed by atoms with Crippen molar-refractivity contribution >= 4 is 47.8 Å². The van der Waals surface area contributed by atoms with Gasteiger partial charge >= 0.3 is 18.0 Å². The Balaban J connectivity index is 5.30. The van der Waals surface area contributed by atoms with Crippen LogP contribution >= 0.6 is 47.8 Å². The van der Waals surface area contributed by atoms with Gasteiger partial charge in [-0.05, 0) is 0 Å². The molecule has 0 aliphatic heterocycles. The summed E-state index contributed by atoms with van der Waals surface area (Å²) in [6, 6.07) is 0. The topological polar surface area (TPSA) is 0 Å². The maximum Gasteiger partial charge on any atom is 0.459 e. The van der Waals surface area contributed by atoms with Crippen LogP contribution < -0.4 is 0 Å². The molecule has 0 aromatic carbocycles. The minimum absolute atomic E-state index is 1.93. The maximum atomic E-state index is 12.6. The molecule has 0 spiro atoms. The van der Waals surface area contributed by atoms with Crippen LogP contribution in [0.15, 0.2) is 0 Å². The first-order chi connectivity index (χ1) is 5.75. The molecule has 0 heterocycles. The number of alkyl halides is 10. The molecule has 0 aromatic heterocycles. The van der Waals surface area contributed by atoms with Crippen molar-refractivity contribution in [2.75, 3.05) is 0 Å². The lowest BCUT2D eigenvalue weighted by Crippen LogP contribution is -2.57. The van der Waals surface area contributed by atoms with Crippen LogP contribution in [0.25, 0.3) is 0 Å². The Labute approximate surface area is 98.6 Å². The summed E-state index contributed by atoms with van der Waals surface area (Å²) in [6.07, 6.45) is -6.34. The van der Waals surface area contributed by atoms with E-state index in [2.05, 4.69) is 0 Å². The zero-order chi connectivity index (χ0) is 12.0. The molecule has 0 bridgehead atoms. The lowest BCUT2D eigenvalue weighted by Gasteiger charge is -2.33. The van der Waals surface area contributed by atoms with Crippen molar-refractivity contribution in [1.82, 2.24) is 0 Å². The van der Waals surface area contributed by atoms with Gasteiger partial charge in [-0.25, -0.2) is 0 Å². The van der Waals surface area contributed by atoms with Crippen LogP contribution in [-0.4, -0.2) is 20.2 Å². The standard InChI is InChI=1S/C4Br3F7/c5-3(6,7)1(8,9)2(10,11)4(12,13)14. The maximum absolute atomic E-state index is 12.6. The highest BCUT2D eigenvalue weighted by molar-refractivity contribution is 9.39. The molecule has 0 atom stereocenters. The van der Waals surface area contributed by atoms with E-state index in [-0.39, 0.29) is 0 Å². The van der Waals surface area contributed by atoms with E-state index in [0.717, 1.165) is 0 Å². The summed E-state index contributed by atoms with van der Waals surface area (Å²) in [5, 5.41) is 0. The van der Waals surface area contributed by atoms with Crippen molar-refractivity contribution in [2.24, 2.45) is 0 Å². The quantitative estimate of drug-likeness (QED) is 0.428. The molecule has 0 rings (SSSR count). The Kier molecular flexibility index (Phi) is 4.01. The molecule has 0 aromatic rings. The summed E-state index contributed by atoms with van der Waals surface area (Å²) < 4.78 is 81.3. The van der Waals surface area contributed by atoms with E-state index in [1.165, 1.54) is 0 Å². The lowest BCUT2D eigenvalue weighted by molar-refractivity contribution is -0.350. The van der Waals surface area contributed by atoms with Crippen molar-refractivity contribution in [1.29, 1.82) is 0 Å². The first-order valence-corrected chi connectivity index (χ1v) is 5.02. The monoisotopic (exact) mass is 418 g/mol. The van der Waals surface area contributed by atoms with Crippen LogP contribution in [0, 0.1) is 0 Å². The first-order valence-electron chi connectivity index (χ1n) is 2.64.